The van der Waals surface area contributed by atoms with E-state index >= 15 is 0 Å². The molecule has 0 aliphatic rings. The third-order valence-corrected chi connectivity index (χ3v) is 4.39. The van der Waals surface area contributed by atoms with E-state index in [4.69, 9.17) is 22.3 Å². The van der Waals surface area contributed by atoms with Crippen molar-refractivity contribution in [1.82, 2.24) is 4.98 Å². The van der Waals surface area contributed by atoms with Crippen molar-refractivity contribution in [3.8, 4) is 0 Å². The highest BCUT2D eigenvalue weighted by Gasteiger charge is 2.06. The summed E-state index contributed by atoms with van der Waals surface area (Å²) in [5, 5.41) is 0.732. The Balaban J connectivity index is 1.81. The minimum absolute atomic E-state index is 0.602. The van der Waals surface area contributed by atoms with Crippen LogP contribution in [-0.2, 0) is 6.42 Å². The van der Waals surface area contributed by atoms with E-state index in [1.165, 1.54) is 0 Å². The van der Waals surface area contributed by atoms with Gasteiger partial charge in [0, 0.05) is 34.6 Å². The second-order valence-corrected chi connectivity index (χ2v) is 6.53. The number of aryl methyl sites for hydroxylation is 1. The molecule has 1 heterocycles. The van der Waals surface area contributed by atoms with Crippen LogP contribution in [0.2, 0.25) is 5.02 Å². The van der Waals surface area contributed by atoms with E-state index in [9.17, 15) is 0 Å². The molecule has 4 heteroatoms. The van der Waals surface area contributed by atoms with E-state index in [0.29, 0.717) is 11.4 Å². The zero-order chi connectivity index (χ0) is 18.5. The summed E-state index contributed by atoms with van der Waals surface area (Å²) < 4.78 is 0. The van der Waals surface area contributed by atoms with Gasteiger partial charge < -0.3 is 5.73 Å². The molecule has 2 aromatic carbocycles. The Hall–Kier alpha value is -2.91. The Bertz CT molecular complexity index is 959. The summed E-state index contributed by atoms with van der Waals surface area (Å²) in [6, 6.07) is 19.4. The highest BCUT2D eigenvalue weighted by molar-refractivity contribution is 6.30. The van der Waals surface area contributed by atoms with Crippen LogP contribution in [0.25, 0.3) is 5.70 Å². The first-order valence-electron chi connectivity index (χ1n) is 8.32. The Labute approximate surface area is 158 Å². The number of aliphatic imine (C=N–C) groups is 1. The number of anilines is 1. The molecule has 3 aromatic rings. The van der Waals surface area contributed by atoms with Crippen molar-refractivity contribution in [1.29, 1.82) is 0 Å². The number of nitrogens with zero attached hydrogens (tertiary/aromatic N) is 2. The third-order valence-electron chi connectivity index (χ3n) is 4.14. The van der Waals surface area contributed by atoms with E-state index in [-0.39, 0.29) is 0 Å². The molecule has 0 amide bonds. The van der Waals surface area contributed by atoms with Crippen LogP contribution < -0.4 is 5.73 Å². The summed E-state index contributed by atoms with van der Waals surface area (Å²) in [5.41, 5.74) is 12.1. The molecule has 0 aliphatic carbocycles. The largest absolute Gasteiger partial charge is 0.398 e. The minimum Gasteiger partial charge on any atom is -0.398 e. The molecule has 1 aromatic heterocycles. The maximum atomic E-state index is 5.96. The van der Waals surface area contributed by atoms with Gasteiger partial charge in [0.25, 0.3) is 0 Å². The van der Waals surface area contributed by atoms with Gasteiger partial charge in [-0.1, -0.05) is 54.6 Å². The molecule has 3 nitrogen and oxygen atoms in total. The van der Waals surface area contributed by atoms with Crippen LogP contribution in [0.3, 0.4) is 0 Å². The molecular formula is C22H20ClN3. The van der Waals surface area contributed by atoms with Crippen molar-refractivity contribution in [3.05, 3.63) is 100 Å². The number of pyridine rings is 1. The molecule has 26 heavy (non-hydrogen) atoms. The first-order valence-corrected chi connectivity index (χ1v) is 8.69. The molecule has 3 rings (SSSR count). The molecular weight excluding hydrogens is 342 g/mol. The first-order chi connectivity index (χ1) is 12.5. The van der Waals surface area contributed by atoms with Gasteiger partial charge in [0.1, 0.15) is 0 Å². The molecule has 0 aliphatic heterocycles. The lowest BCUT2D eigenvalue weighted by molar-refractivity contribution is 1.03. The molecule has 0 bridgehead atoms. The van der Waals surface area contributed by atoms with Crippen LogP contribution in [0.15, 0.2) is 72.2 Å². The summed E-state index contributed by atoms with van der Waals surface area (Å²) in [6.07, 6.45) is 2.46. The fraction of sp³-hybridized carbons (Fsp3) is 0.0909. The third kappa shape index (κ3) is 4.38. The summed E-state index contributed by atoms with van der Waals surface area (Å²) in [6.45, 7) is 6.09. The SMILES string of the molecule is C=C(/N=C\c1ccccc1N)c1ccc(C)c(Cc2ccc(Cl)cc2)n1. The lowest BCUT2D eigenvalue weighted by atomic mass is 10.1. The van der Waals surface area contributed by atoms with Gasteiger partial charge in [-0.3, -0.25) is 9.98 Å². The molecule has 0 radical (unpaired) electrons. The van der Waals surface area contributed by atoms with E-state index in [1.807, 2.05) is 60.7 Å². The van der Waals surface area contributed by atoms with E-state index in [2.05, 4.69) is 18.5 Å². The standard InChI is InChI=1S/C22H20ClN3/c1-15-7-12-21(16(2)25-14-18-5-3-4-6-20(18)24)26-22(15)13-17-8-10-19(23)11-9-17/h3-12,14H,2,13,24H2,1H3/b25-14-. The van der Waals surface area contributed by atoms with Gasteiger partial charge in [0.15, 0.2) is 0 Å². The summed E-state index contributed by atoms with van der Waals surface area (Å²) in [4.78, 5) is 9.18. The highest BCUT2D eigenvalue weighted by Crippen LogP contribution is 2.19. The van der Waals surface area contributed by atoms with E-state index in [1.54, 1.807) is 6.21 Å². The highest BCUT2D eigenvalue weighted by atomic mass is 35.5. The van der Waals surface area contributed by atoms with Crippen LogP contribution >= 0.6 is 11.6 Å². The molecule has 130 valence electrons. The number of para-hydroxylation sites is 1. The maximum Gasteiger partial charge on any atom is 0.0883 e. The first kappa shape index (κ1) is 17.9. The van der Waals surface area contributed by atoms with Crippen molar-refractivity contribution < 1.29 is 0 Å². The predicted molar refractivity (Wildman–Crippen MR) is 111 cm³/mol. The number of benzene rings is 2. The van der Waals surface area contributed by atoms with Gasteiger partial charge in [0.05, 0.1) is 11.4 Å². The topological polar surface area (TPSA) is 51.3 Å². The van der Waals surface area contributed by atoms with Crippen molar-refractivity contribution in [3.63, 3.8) is 0 Å². The van der Waals surface area contributed by atoms with Gasteiger partial charge in [-0.15, -0.1) is 0 Å². The van der Waals surface area contributed by atoms with Crippen LogP contribution in [0.4, 0.5) is 5.69 Å². The Kier molecular flexibility index (Phi) is 5.49. The Morgan fingerprint density at radius 2 is 1.85 bits per heavy atom. The number of hydrogen-bond donors (Lipinski definition) is 1. The molecule has 0 saturated carbocycles. The van der Waals surface area contributed by atoms with Gasteiger partial charge in [-0.05, 0) is 42.3 Å². The van der Waals surface area contributed by atoms with Gasteiger partial charge >= 0.3 is 0 Å². The number of nitrogens with two attached hydrogens (primary N) is 1. The molecule has 0 unspecified atom stereocenters. The summed E-state index contributed by atoms with van der Waals surface area (Å²) in [7, 11) is 0. The monoisotopic (exact) mass is 361 g/mol. The second kappa shape index (κ2) is 7.98. The fourth-order valence-corrected chi connectivity index (χ4v) is 2.67. The zero-order valence-corrected chi connectivity index (χ0v) is 15.4. The quantitative estimate of drug-likeness (QED) is 0.494. The average molecular weight is 362 g/mol. The normalized spacial score (nSPS) is 11.0. The van der Waals surface area contributed by atoms with Gasteiger partial charge in [-0.25, -0.2) is 0 Å². The molecule has 0 atom stereocenters. The summed E-state index contributed by atoms with van der Waals surface area (Å²) in [5.74, 6) is 0. The van der Waals surface area contributed by atoms with Crippen LogP contribution in [-0.4, -0.2) is 11.2 Å². The zero-order valence-electron chi connectivity index (χ0n) is 14.6. The van der Waals surface area contributed by atoms with Crippen LogP contribution in [0.5, 0.6) is 0 Å². The fourth-order valence-electron chi connectivity index (χ4n) is 2.55. The van der Waals surface area contributed by atoms with Crippen molar-refractivity contribution in [2.24, 2.45) is 4.99 Å². The number of hydrogen-bond acceptors (Lipinski definition) is 3. The lowest BCUT2D eigenvalue weighted by Crippen LogP contribution is -1.99. The number of halogens is 1. The summed E-state index contributed by atoms with van der Waals surface area (Å²) >= 11 is 5.96. The number of rotatable bonds is 5. The molecule has 2 N–H and O–H groups in total. The molecule has 0 fully saturated rings. The Morgan fingerprint density at radius 1 is 1.12 bits per heavy atom. The van der Waals surface area contributed by atoms with Crippen molar-refractivity contribution in [2.45, 2.75) is 13.3 Å². The van der Waals surface area contributed by atoms with Crippen molar-refractivity contribution >= 4 is 29.2 Å². The van der Waals surface area contributed by atoms with Gasteiger partial charge in [-0.2, -0.15) is 0 Å². The number of aromatic nitrogens is 1. The smallest absolute Gasteiger partial charge is 0.0883 e. The predicted octanol–water partition coefficient (Wildman–Crippen LogP) is 5.31. The number of nitrogen functional groups attached to an aromatic ring is 1. The van der Waals surface area contributed by atoms with Crippen LogP contribution in [0, 0.1) is 6.92 Å². The average Bonchev–Trinajstić information content (AvgIpc) is 2.64. The maximum absolute atomic E-state index is 5.96. The molecule has 0 spiro atoms. The van der Waals surface area contributed by atoms with Crippen LogP contribution in [0.1, 0.15) is 28.1 Å². The molecule has 0 saturated heterocycles. The van der Waals surface area contributed by atoms with Crippen molar-refractivity contribution in [2.75, 3.05) is 5.73 Å². The Morgan fingerprint density at radius 3 is 2.58 bits per heavy atom. The minimum atomic E-state index is 0.602. The van der Waals surface area contributed by atoms with E-state index in [0.717, 1.165) is 39.5 Å². The van der Waals surface area contributed by atoms with Gasteiger partial charge in [0.2, 0.25) is 0 Å². The van der Waals surface area contributed by atoms with E-state index < -0.39 is 0 Å². The second-order valence-electron chi connectivity index (χ2n) is 6.10. The lowest BCUT2D eigenvalue weighted by Gasteiger charge is -2.08.